The van der Waals surface area contributed by atoms with E-state index in [-0.39, 0.29) is 18.1 Å². The Bertz CT molecular complexity index is 1060. The zero-order chi connectivity index (χ0) is 21.7. The molecule has 0 aliphatic carbocycles. The minimum atomic E-state index is -0.471. The maximum absolute atomic E-state index is 12.4. The third-order valence-electron chi connectivity index (χ3n) is 4.29. The van der Waals surface area contributed by atoms with Crippen LogP contribution in [0.3, 0.4) is 0 Å². The molecule has 9 nitrogen and oxygen atoms in total. The predicted octanol–water partition coefficient (Wildman–Crippen LogP) is 2.40. The van der Waals surface area contributed by atoms with Gasteiger partial charge in [-0.15, -0.1) is 5.10 Å². The maximum Gasteiger partial charge on any atom is 0.275 e. The number of carbonyl (C=O) groups is 2. The van der Waals surface area contributed by atoms with Crippen LogP contribution in [0.1, 0.15) is 21.6 Å². The average molecular weight is 429 g/mol. The van der Waals surface area contributed by atoms with E-state index >= 15 is 0 Å². The molecule has 0 aliphatic heterocycles. The van der Waals surface area contributed by atoms with Crippen molar-refractivity contribution in [2.24, 2.45) is 0 Å². The molecule has 0 unspecified atom stereocenters. The highest BCUT2D eigenvalue weighted by atomic mass is 35.5. The largest absolute Gasteiger partial charge is 0.495 e. The quantitative estimate of drug-likeness (QED) is 0.530. The lowest BCUT2D eigenvalue weighted by Gasteiger charge is -2.08. The summed E-state index contributed by atoms with van der Waals surface area (Å²) in [5, 5.41) is 13.4. The summed E-state index contributed by atoms with van der Waals surface area (Å²) in [6, 6.07) is 12.6. The summed E-state index contributed by atoms with van der Waals surface area (Å²) in [4.78, 5) is 24.6. The molecule has 3 aromatic rings. The van der Waals surface area contributed by atoms with Crippen LogP contribution in [0.25, 0.3) is 0 Å². The summed E-state index contributed by atoms with van der Waals surface area (Å²) < 4.78 is 6.23. The van der Waals surface area contributed by atoms with Gasteiger partial charge in [-0.2, -0.15) is 0 Å². The summed E-state index contributed by atoms with van der Waals surface area (Å²) in [7, 11) is 1.50. The zero-order valence-corrected chi connectivity index (χ0v) is 17.2. The number of nitrogen functional groups attached to an aromatic ring is 1. The minimum absolute atomic E-state index is 0.000630. The molecule has 0 saturated heterocycles. The third kappa shape index (κ3) is 5.06. The lowest BCUT2D eigenvalue weighted by molar-refractivity contribution is -0.116. The first-order valence-corrected chi connectivity index (χ1v) is 9.41. The van der Waals surface area contributed by atoms with Crippen LogP contribution in [-0.2, 0) is 17.9 Å². The standard InChI is InChI=1S/C20H21ClN6O3/c1-12-3-5-13(6-4-12)10-23-20(29)18-19(22)27(26-25-18)11-17(28)24-14-7-8-16(30-2)15(21)9-14/h3-9H,10-11,22H2,1-2H3,(H,23,29)(H,24,28). The number of nitrogens with zero attached hydrogens (tertiary/aromatic N) is 3. The van der Waals surface area contributed by atoms with Gasteiger partial charge in [-0.3, -0.25) is 9.59 Å². The fourth-order valence-electron chi connectivity index (χ4n) is 2.65. The molecule has 0 saturated carbocycles. The van der Waals surface area contributed by atoms with E-state index in [1.165, 1.54) is 7.11 Å². The molecule has 1 heterocycles. The number of hydrogen-bond donors (Lipinski definition) is 3. The second-order valence-electron chi connectivity index (χ2n) is 6.55. The van der Waals surface area contributed by atoms with Crippen LogP contribution in [-0.4, -0.2) is 33.9 Å². The van der Waals surface area contributed by atoms with Crippen LogP contribution in [0.15, 0.2) is 42.5 Å². The Labute approximate surface area is 178 Å². The first-order chi connectivity index (χ1) is 14.4. The lowest BCUT2D eigenvalue weighted by Crippen LogP contribution is -2.25. The molecule has 0 bridgehead atoms. The molecule has 4 N–H and O–H groups in total. The van der Waals surface area contributed by atoms with Crippen molar-refractivity contribution in [2.45, 2.75) is 20.0 Å². The average Bonchev–Trinajstić information content (AvgIpc) is 3.07. The summed E-state index contributed by atoms with van der Waals surface area (Å²) in [5.41, 5.74) is 8.48. The van der Waals surface area contributed by atoms with Gasteiger partial charge in [-0.25, -0.2) is 4.68 Å². The number of halogens is 1. The number of methoxy groups -OCH3 is 1. The molecule has 2 amide bonds. The molecule has 0 radical (unpaired) electrons. The molecule has 1 aromatic heterocycles. The van der Waals surface area contributed by atoms with Gasteiger partial charge >= 0.3 is 0 Å². The molecule has 3 rings (SSSR count). The SMILES string of the molecule is COc1ccc(NC(=O)Cn2nnc(C(=O)NCc3ccc(C)cc3)c2N)cc1Cl. The van der Waals surface area contributed by atoms with E-state index in [2.05, 4.69) is 20.9 Å². The van der Waals surface area contributed by atoms with Crippen LogP contribution in [0.5, 0.6) is 5.75 Å². The van der Waals surface area contributed by atoms with Crippen LogP contribution in [0.4, 0.5) is 11.5 Å². The normalized spacial score (nSPS) is 10.5. The van der Waals surface area contributed by atoms with Crippen molar-refractivity contribution in [3.05, 3.63) is 64.3 Å². The number of amides is 2. The molecule has 0 spiro atoms. The fourth-order valence-corrected chi connectivity index (χ4v) is 2.91. The van der Waals surface area contributed by atoms with Crippen LogP contribution in [0.2, 0.25) is 5.02 Å². The number of aryl methyl sites for hydroxylation is 1. The van der Waals surface area contributed by atoms with Gasteiger partial charge in [0.2, 0.25) is 5.91 Å². The summed E-state index contributed by atoms with van der Waals surface area (Å²) in [5.74, 6) is -0.378. The summed E-state index contributed by atoms with van der Waals surface area (Å²) in [6.45, 7) is 2.10. The van der Waals surface area contributed by atoms with Gasteiger partial charge in [-0.1, -0.05) is 46.6 Å². The maximum atomic E-state index is 12.4. The molecule has 30 heavy (non-hydrogen) atoms. The third-order valence-corrected chi connectivity index (χ3v) is 4.59. The Morgan fingerprint density at radius 2 is 1.93 bits per heavy atom. The predicted molar refractivity (Wildman–Crippen MR) is 113 cm³/mol. The second kappa shape index (κ2) is 9.27. The first-order valence-electron chi connectivity index (χ1n) is 9.03. The smallest absolute Gasteiger partial charge is 0.275 e. The molecule has 0 aliphatic rings. The Morgan fingerprint density at radius 3 is 2.60 bits per heavy atom. The number of anilines is 2. The van der Waals surface area contributed by atoms with Gasteiger partial charge in [0.25, 0.3) is 5.91 Å². The Kier molecular flexibility index (Phi) is 6.53. The Morgan fingerprint density at radius 1 is 1.20 bits per heavy atom. The van der Waals surface area contributed by atoms with Crippen molar-refractivity contribution >= 4 is 34.9 Å². The van der Waals surface area contributed by atoms with Gasteiger partial charge in [-0.05, 0) is 30.7 Å². The second-order valence-corrected chi connectivity index (χ2v) is 6.95. The molecular formula is C20H21ClN6O3. The highest BCUT2D eigenvalue weighted by Gasteiger charge is 2.19. The van der Waals surface area contributed by atoms with E-state index in [1.54, 1.807) is 18.2 Å². The monoisotopic (exact) mass is 428 g/mol. The minimum Gasteiger partial charge on any atom is -0.495 e. The highest BCUT2D eigenvalue weighted by Crippen LogP contribution is 2.27. The van der Waals surface area contributed by atoms with Crippen LogP contribution < -0.4 is 21.1 Å². The van der Waals surface area contributed by atoms with E-state index in [9.17, 15) is 9.59 Å². The van der Waals surface area contributed by atoms with Gasteiger partial charge in [0.05, 0.1) is 12.1 Å². The van der Waals surface area contributed by atoms with E-state index in [4.69, 9.17) is 22.1 Å². The van der Waals surface area contributed by atoms with Crippen molar-refractivity contribution in [1.29, 1.82) is 0 Å². The van der Waals surface area contributed by atoms with Crippen molar-refractivity contribution in [3.8, 4) is 5.75 Å². The van der Waals surface area contributed by atoms with Crippen molar-refractivity contribution in [1.82, 2.24) is 20.3 Å². The summed E-state index contributed by atoms with van der Waals surface area (Å²) >= 11 is 6.05. The topological polar surface area (TPSA) is 124 Å². The van der Waals surface area contributed by atoms with Gasteiger partial charge < -0.3 is 21.1 Å². The first kappa shape index (κ1) is 21.1. The number of benzene rings is 2. The van der Waals surface area contributed by atoms with E-state index in [0.717, 1.165) is 15.8 Å². The van der Waals surface area contributed by atoms with Crippen molar-refractivity contribution in [2.75, 3.05) is 18.2 Å². The van der Waals surface area contributed by atoms with Crippen LogP contribution >= 0.6 is 11.6 Å². The number of hydrogen-bond acceptors (Lipinski definition) is 6. The highest BCUT2D eigenvalue weighted by molar-refractivity contribution is 6.32. The summed E-state index contributed by atoms with van der Waals surface area (Å²) in [6.07, 6.45) is 0. The van der Waals surface area contributed by atoms with Crippen molar-refractivity contribution < 1.29 is 14.3 Å². The van der Waals surface area contributed by atoms with E-state index in [1.807, 2.05) is 31.2 Å². The van der Waals surface area contributed by atoms with Gasteiger partial charge in [0, 0.05) is 12.2 Å². The number of carbonyl (C=O) groups excluding carboxylic acids is 2. The van der Waals surface area contributed by atoms with Gasteiger partial charge in [0.15, 0.2) is 11.5 Å². The fraction of sp³-hybridized carbons (Fsp3) is 0.200. The van der Waals surface area contributed by atoms with E-state index < -0.39 is 11.8 Å². The van der Waals surface area contributed by atoms with Crippen LogP contribution in [0, 0.1) is 6.92 Å². The Balaban J connectivity index is 1.60. The van der Waals surface area contributed by atoms with E-state index in [0.29, 0.717) is 23.0 Å². The number of nitrogens with one attached hydrogen (secondary N) is 2. The molecular weight excluding hydrogens is 408 g/mol. The number of ether oxygens (including phenoxy) is 1. The van der Waals surface area contributed by atoms with Gasteiger partial charge in [0.1, 0.15) is 12.3 Å². The molecule has 156 valence electrons. The lowest BCUT2D eigenvalue weighted by atomic mass is 10.1. The number of aromatic nitrogens is 3. The Hall–Kier alpha value is -3.59. The molecule has 0 fully saturated rings. The number of rotatable bonds is 7. The molecule has 0 atom stereocenters. The number of nitrogens with two attached hydrogens (primary N) is 1. The molecule has 10 heteroatoms. The molecule has 2 aromatic carbocycles. The van der Waals surface area contributed by atoms with Crippen molar-refractivity contribution in [3.63, 3.8) is 0 Å². The zero-order valence-electron chi connectivity index (χ0n) is 16.5.